The smallest absolute Gasteiger partial charge is 0.417 e. The third-order valence-electron chi connectivity index (χ3n) is 5.96. The molecule has 1 aromatic carbocycles. The Hall–Kier alpha value is -2.27. The monoisotopic (exact) mass is 535 g/mol. The molecule has 1 aliphatic heterocycles. The zero-order chi connectivity index (χ0) is 24.7. The Kier molecular flexibility index (Phi) is 7.05. The van der Waals surface area contributed by atoms with E-state index < -0.39 is 47.1 Å². The quantitative estimate of drug-likeness (QED) is 0.294. The number of aromatic nitrogens is 3. The van der Waals surface area contributed by atoms with E-state index in [-0.39, 0.29) is 11.4 Å². The molecule has 1 fully saturated rings. The van der Waals surface area contributed by atoms with Crippen molar-refractivity contribution in [2.24, 2.45) is 5.92 Å². The lowest BCUT2D eigenvalue weighted by atomic mass is 9.77. The average Bonchev–Trinajstić information content (AvgIpc) is 3.32. The number of H-pyrrole nitrogens is 1. The maximum atomic E-state index is 14.4. The number of imidazole rings is 1. The third-order valence-corrected chi connectivity index (χ3v) is 6.54. The van der Waals surface area contributed by atoms with E-state index in [0.717, 1.165) is 20.1 Å². The summed E-state index contributed by atoms with van der Waals surface area (Å²) >= 11 is 3.26. The maximum Gasteiger partial charge on any atom is 0.417 e. The predicted octanol–water partition coefficient (Wildman–Crippen LogP) is 6.85. The number of hydrogen-bond acceptors (Lipinski definition) is 4. The third kappa shape index (κ3) is 4.09. The summed E-state index contributed by atoms with van der Waals surface area (Å²) in [5.74, 6) is -5.00. The molecule has 0 aliphatic carbocycles. The van der Waals surface area contributed by atoms with Gasteiger partial charge in [-0.05, 0) is 35.0 Å². The molecule has 180 valence electrons. The second-order valence-electron chi connectivity index (χ2n) is 7.56. The first-order chi connectivity index (χ1) is 15.5. The molecule has 2 unspecified atom stereocenters. The summed E-state index contributed by atoms with van der Waals surface area (Å²) in [5.41, 5.74) is -1.56. The van der Waals surface area contributed by atoms with Gasteiger partial charge in [-0.1, -0.05) is 26.8 Å². The normalized spacial score (nSPS) is 25.1. The van der Waals surface area contributed by atoms with Crippen molar-refractivity contribution in [3.63, 3.8) is 0 Å². The van der Waals surface area contributed by atoms with E-state index in [1.54, 1.807) is 6.07 Å². The first-order valence-corrected chi connectivity index (χ1v) is 11.1. The Morgan fingerprint density at radius 2 is 1.85 bits per heavy atom. The Balaban J connectivity index is 0.00000149. The first kappa shape index (κ1) is 25.4. The van der Waals surface area contributed by atoms with Crippen molar-refractivity contribution < 1.29 is 31.4 Å². The summed E-state index contributed by atoms with van der Waals surface area (Å²) < 4.78 is 81.3. The highest BCUT2D eigenvalue weighted by molar-refractivity contribution is 9.10. The van der Waals surface area contributed by atoms with Gasteiger partial charge in [0.15, 0.2) is 17.2 Å². The van der Waals surface area contributed by atoms with Crippen molar-refractivity contribution in [2.45, 2.75) is 51.5 Å². The van der Waals surface area contributed by atoms with Crippen LogP contribution in [0.5, 0.6) is 5.75 Å². The highest BCUT2D eigenvalue weighted by Crippen LogP contribution is 2.59. The molecule has 33 heavy (non-hydrogen) atoms. The van der Waals surface area contributed by atoms with E-state index in [9.17, 15) is 22.0 Å². The van der Waals surface area contributed by atoms with Crippen molar-refractivity contribution in [1.82, 2.24) is 15.0 Å². The fourth-order valence-electron chi connectivity index (χ4n) is 4.11. The number of hydrogen-bond donors (Lipinski definition) is 1. The lowest BCUT2D eigenvalue weighted by Crippen LogP contribution is -2.46. The molecule has 3 aromatic rings. The highest BCUT2D eigenvalue weighted by Gasteiger charge is 2.65. The number of nitrogens with zero attached hydrogens (tertiary/aromatic N) is 2. The van der Waals surface area contributed by atoms with E-state index in [1.165, 1.54) is 19.2 Å². The van der Waals surface area contributed by atoms with Crippen LogP contribution in [0.3, 0.4) is 0 Å². The molecule has 2 aromatic heterocycles. The topological polar surface area (TPSA) is 60.0 Å². The van der Waals surface area contributed by atoms with Crippen molar-refractivity contribution in [3.05, 3.63) is 52.0 Å². The minimum absolute atomic E-state index is 0.0597. The SMILES string of the molecule is CC.COc1c(C2C(C)[C@](C)(C(F)(F)F)O[C@H]2c2nc3c(Br)nccc3[nH]2)ccc(F)c1F. The number of methoxy groups -OCH3 is 1. The van der Waals surface area contributed by atoms with Crippen LogP contribution in [0.25, 0.3) is 11.0 Å². The Bertz CT molecular complexity index is 1150. The molecular formula is C22H23BrF5N3O2. The van der Waals surface area contributed by atoms with Gasteiger partial charge in [-0.15, -0.1) is 0 Å². The van der Waals surface area contributed by atoms with E-state index in [0.29, 0.717) is 15.6 Å². The van der Waals surface area contributed by atoms with Gasteiger partial charge in [0.1, 0.15) is 22.0 Å². The summed E-state index contributed by atoms with van der Waals surface area (Å²) in [5, 5.41) is 0. The zero-order valence-electron chi connectivity index (χ0n) is 18.5. The van der Waals surface area contributed by atoms with Crippen LogP contribution in [-0.4, -0.2) is 33.8 Å². The zero-order valence-corrected chi connectivity index (χ0v) is 20.1. The van der Waals surface area contributed by atoms with Gasteiger partial charge >= 0.3 is 6.18 Å². The van der Waals surface area contributed by atoms with E-state index >= 15 is 0 Å². The highest BCUT2D eigenvalue weighted by atomic mass is 79.9. The van der Waals surface area contributed by atoms with Crippen LogP contribution >= 0.6 is 15.9 Å². The van der Waals surface area contributed by atoms with Crippen LogP contribution < -0.4 is 4.74 Å². The number of fused-ring (bicyclic) bond motifs is 1. The number of nitrogens with one attached hydrogen (secondary N) is 1. The minimum atomic E-state index is -4.72. The molecule has 0 amide bonds. The number of alkyl halides is 3. The van der Waals surface area contributed by atoms with Crippen molar-refractivity contribution in [3.8, 4) is 5.75 Å². The number of aromatic amines is 1. The molecule has 1 N–H and O–H groups in total. The Morgan fingerprint density at radius 1 is 1.18 bits per heavy atom. The van der Waals surface area contributed by atoms with Gasteiger partial charge in [-0.25, -0.2) is 14.4 Å². The lowest BCUT2D eigenvalue weighted by molar-refractivity contribution is -0.275. The number of benzene rings is 1. The van der Waals surface area contributed by atoms with Crippen molar-refractivity contribution >= 4 is 27.0 Å². The van der Waals surface area contributed by atoms with Gasteiger partial charge in [0.25, 0.3) is 0 Å². The van der Waals surface area contributed by atoms with Gasteiger partial charge in [0.2, 0.25) is 5.82 Å². The van der Waals surface area contributed by atoms with E-state index in [4.69, 9.17) is 9.47 Å². The summed E-state index contributed by atoms with van der Waals surface area (Å²) in [6.45, 7) is 6.30. The summed E-state index contributed by atoms with van der Waals surface area (Å²) in [6.07, 6.45) is -4.46. The van der Waals surface area contributed by atoms with Gasteiger partial charge in [-0.3, -0.25) is 0 Å². The number of ether oxygens (including phenoxy) is 2. The molecule has 1 aliphatic rings. The summed E-state index contributed by atoms with van der Waals surface area (Å²) in [4.78, 5) is 11.4. The van der Waals surface area contributed by atoms with E-state index in [1.807, 2.05) is 13.8 Å². The first-order valence-electron chi connectivity index (χ1n) is 10.3. The van der Waals surface area contributed by atoms with Crippen LogP contribution in [0.4, 0.5) is 22.0 Å². The molecule has 3 heterocycles. The second kappa shape index (κ2) is 9.17. The Labute approximate surface area is 195 Å². The number of rotatable bonds is 3. The van der Waals surface area contributed by atoms with Gasteiger partial charge in [0, 0.05) is 23.6 Å². The fraction of sp³-hybridized carbons (Fsp3) is 0.455. The molecule has 0 radical (unpaired) electrons. The molecule has 5 nitrogen and oxygen atoms in total. The van der Waals surface area contributed by atoms with E-state index in [2.05, 4.69) is 30.9 Å². The van der Waals surface area contributed by atoms with Crippen LogP contribution in [0.1, 0.15) is 51.1 Å². The minimum Gasteiger partial charge on any atom is -0.493 e. The lowest BCUT2D eigenvalue weighted by Gasteiger charge is -2.32. The molecular weight excluding hydrogens is 513 g/mol. The molecule has 0 spiro atoms. The van der Waals surface area contributed by atoms with Crippen LogP contribution in [0.15, 0.2) is 29.0 Å². The predicted molar refractivity (Wildman–Crippen MR) is 116 cm³/mol. The summed E-state index contributed by atoms with van der Waals surface area (Å²) in [7, 11) is 1.13. The van der Waals surface area contributed by atoms with Crippen LogP contribution in [0, 0.1) is 17.6 Å². The Morgan fingerprint density at radius 3 is 2.42 bits per heavy atom. The van der Waals surface area contributed by atoms with Crippen LogP contribution in [0.2, 0.25) is 0 Å². The summed E-state index contributed by atoms with van der Waals surface area (Å²) in [6, 6.07) is 3.70. The molecule has 4 atom stereocenters. The molecule has 1 saturated heterocycles. The average molecular weight is 536 g/mol. The molecule has 11 heteroatoms. The molecule has 0 bridgehead atoms. The van der Waals surface area contributed by atoms with Gasteiger partial charge in [-0.2, -0.15) is 17.6 Å². The largest absolute Gasteiger partial charge is 0.493 e. The fourth-order valence-corrected chi connectivity index (χ4v) is 4.53. The van der Waals surface area contributed by atoms with Crippen LogP contribution in [-0.2, 0) is 4.74 Å². The molecule has 4 rings (SSSR count). The molecule has 0 saturated carbocycles. The standard InChI is InChI=1S/C20H17BrF5N3O2.C2H6/c1-8-12(9-4-5-10(22)13(23)15(9)30-3)16(31-19(8,2)20(24,25)26)18-28-11-6-7-27-17(21)14(11)29-18;1-2/h4-8,12,16H,1-3H3,(H,28,29);1-2H3/t8?,12?,16-,19-;/m1./s1. The van der Waals surface area contributed by atoms with Crippen molar-refractivity contribution in [1.29, 1.82) is 0 Å². The maximum absolute atomic E-state index is 14.4. The second-order valence-corrected chi connectivity index (χ2v) is 8.31. The number of halogens is 6. The van der Waals surface area contributed by atoms with Gasteiger partial charge < -0.3 is 14.5 Å². The number of pyridine rings is 1. The van der Waals surface area contributed by atoms with Gasteiger partial charge in [0.05, 0.1) is 12.6 Å². The van der Waals surface area contributed by atoms with Crippen molar-refractivity contribution in [2.75, 3.05) is 7.11 Å².